The van der Waals surface area contributed by atoms with Crippen LogP contribution in [0.3, 0.4) is 0 Å². The molecular weight excluding hydrogens is 773 g/mol. The second kappa shape index (κ2) is 17.1. The summed E-state index contributed by atoms with van der Waals surface area (Å²) in [6, 6.07) is 96.1. The highest BCUT2D eigenvalue weighted by Gasteiger charge is 2.22. The van der Waals surface area contributed by atoms with E-state index in [-0.39, 0.29) is 0 Å². The highest BCUT2D eigenvalue weighted by Crippen LogP contribution is 2.47. The van der Waals surface area contributed by atoms with Crippen LogP contribution < -0.4 is 9.80 Å². The molecule has 0 aliphatic carbocycles. The summed E-state index contributed by atoms with van der Waals surface area (Å²) >= 11 is 0. The number of fused-ring (bicyclic) bond motifs is 2. The first kappa shape index (κ1) is 38.5. The van der Waals surface area contributed by atoms with Crippen molar-refractivity contribution in [2.24, 2.45) is 0 Å². The first-order valence-electron chi connectivity index (χ1n) is 21.9. The predicted molar refractivity (Wildman–Crippen MR) is 273 cm³/mol. The molecule has 0 unspecified atom stereocenters. The fraction of sp³-hybridized carbons (Fsp3) is 0. The van der Waals surface area contributed by atoms with Crippen LogP contribution >= 0.6 is 0 Å². The van der Waals surface area contributed by atoms with E-state index in [4.69, 9.17) is 0 Å². The molecule has 11 aromatic carbocycles. The molecule has 0 radical (unpaired) electrons. The lowest BCUT2D eigenvalue weighted by Gasteiger charge is -2.31. The summed E-state index contributed by atoms with van der Waals surface area (Å²) in [7, 11) is 0. The van der Waals surface area contributed by atoms with Gasteiger partial charge in [0.2, 0.25) is 0 Å². The number of hydrogen-bond acceptors (Lipinski definition) is 2. The van der Waals surface area contributed by atoms with Crippen LogP contribution in [0.1, 0.15) is 0 Å². The summed E-state index contributed by atoms with van der Waals surface area (Å²) in [5.74, 6) is 0. The largest absolute Gasteiger partial charge is 0.311 e. The molecule has 2 heteroatoms. The molecule has 64 heavy (non-hydrogen) atoms. The van der Waals surface area contributed by atoms with Gasteiger partial charge in [0.05, 0.1) is 11.4 Å². The minimum absolute atomic E-state index is 1.07. The standard InChI is InChI=1S/C62H44N2/c1-5-21-45(22-6-1)53-29-17-19-35-59(53)64(60-36-20-18-30-54(60)46-23-7-2-8-24-46)52-43-41-51(42-44-52)63(49-27-11-4-12-28-49)50-39-37-48(38-40-50)62-57-33-15-13-31-55(57)61(47-25-9-3-10-26-47)56-32-14-16-34-58(56)62/h1-44H. The van der Waals surface area contributed by atoms with Crippen LogP contribution in [0.5, 0.6) is 0 Å². The first-order chi connectivity index (χ1) is 31.8. The summed E-state index contributed by atoms with van der Waals surface area (Å²) in [6.07, 6.45) is 0. The second-order valence-electron chi connectivity index (χ2n) is 16.0. The molecule has 0 N–H and O–H groups in total. The van der Waals surface area contributed by atoms with Gasteiger partial charge in [-0.05, 0) is 116 Å². The van der Waals surface area contributed by atoms with Crippen molar-refractivity contribution >= 4 is 55.7 Å². The average Bonchev–Trinajstić information content (AvgIpc) is 3.38. The van der Waals surface area contributed by atoms with Crippen LogP contribution in [0.25, 0.3) is 66.1 Å². The van der Waals surface area contributed by atoms with Crippen molar-refractivity contribution in [1.82, 2.24) is 0 Å². The number of rotatable bonds is 10. The maximum atomic E-state index is 2.41. The Balaban J connectivity index is 1.03. The average molecular weight is 817 g/mol. The summed E-state index contributed by atoms with van der Waals surface area (Å²) in [5.41, 5.74) is 16.1. The van der Waals surface area contributed by atoms with Gasteiger partial charge in [-0.25, -0.2) is 0 Å². The van der Waals surface area contributed by atoms with Crippen molar-refractivity contribution in [3.8, 4) is 44.5 Å². The zero-order valence-corrected chi connectivity index (χ0v) is 35.3. The SMILES string of the molecule is c1ccc(-c2ccccc2N(c2ccc(N(c3ccccc3)c3ccc(-c4c5ccccc5c(-c5ccccc5)c5ccccc45)cc3)cc2)c2ccccc2-c2ccccc2)cc1. The van der Waals surface area contributed by atoms with E-state index in [0.717, 1.165) is 45.3 Å². The van der Waals surface area contributed by atoms with Crippen molar-refractivity contribution in [3.05, 3.63) is 267 Å². The Morgan fingerprint density at radius 3 is 0.891 bits per heavy atom. The van der Waals surface area contributed by atoms with Gasteiger partial charge in [0, 0.05) is 33.9 Å². The minimum Gasteiger partial charge on any atom is -0.311 e. The summed E-state index contributed by atoms with van der Waals surface area (Å²) in [5, 5.41) is 5.00. The van der Waals surface area contributed by atoms with E-state index in [1.165, 1.54) is 54.9 Å². The van der Waals surface area contributed by atoms with Crippen LogP contribution in [-0.4, -0.2) is 0 Å². The lowest BCUT2D eigenvalue weighted by molar-refractivity contribution is 1.26. The molecule has 0 saturated heterocycles. The van der Waals surface area contributed by atoms with Crippen LogP contribution in [-0.2, 0) is 0 Å². The van der Waals surface area contributed by atoms with E-state index >= 15 is 0 Å². The minimum atomic E-state index is 1.07. The van der Waals surface area contributed by atoms with Crippen molar-refractivity contribution < 1.29 is 0 Å². The van der Waals surface area contributed by atoms with E-state index in [1.54, 1.807) is 0 Å². The molecule has 0 spiro atoms. The molecule has 0 saturated carbocycles. The van der Waals surface area contributed by atoms with E-state index < -0.39 is 0 Å². The Kier molecular flexibility index (Phi) is 10.3. The van der Waals surface area contributed by atoms with Gasteiger partial charge < -0.3 is 9.80 Å². The summed E-state index contributed by atoms with van der Waals surface area (Å²) in [4.78, 5) is 4.76. The monoisotopic (exact) mass is 816 g/mol. The van der Waals surface area contributed by atoms with Gasteiger partial charge in [-0.1, -0.05) is 206 Å². The molecule has 0 heterocycles. The molecule has 0 atom stereocenters. The number of benzene rings is 11. The van der Waals surface area contributed by atoms with Crippen molar-refractivity contribution in [2.45, 2.75) is 0 Å². The first-order valence-corrected chi connectivity index (χ1v) is 21.9. The van der Waals surface area contributed by atoms with Gasteiger partial charge in [0.1, 0.15) is 0 Å². The Morgan fingerprint density at radius 2 is 0.469 bits per heavy atom. The van der Waals surface area contributed by atoms with Gasteiger partial charge in [-0.15, -0.1) is 0 Å². The van der Waals surface area contributed by atoms with Gasteiger partial charge in [0.15, 0.2) is 0 Å². The maximum Gasteiger partial charge on any atom is 0.0540 e. The van der Waals surface area contributed by atoms with Crippen molar-refractivity contribution in [2.75, 3.05) is 9.80 Å². The zero-order valence-electron chi connectivity index (χ0n) is 35.3. The Labute approximate surface area is 375 Å². The normalized spacial score (nSPS) is 11.1. The van der Waals surface area contributed by atoms with Crippen LogP contribution in [0.15, 0.2) is 267 Å². The molecule has 2 nitrogen and oxygen atoms in total. The molecule has 0 amide bonds. The topological polar surface area (TPSA) is 6.48 Å². The van der Waals surface area contributed by atoms with Crippen molar-refractivity contribution in [3.63, 3.8) is 0 Å². The van der Waals surface area contributed by atoms with Crippen LogP contribution in [0, 0.1) is 0 Å². The molecule has 0 aromatic heterocycles. The van der Waals surface area contributed by atoms with Gasteiger partial charge in [-0.2, -0.15) is 0 Å². The lowest BCUT2D eigenvalue weighted by atomic mass is 9.86. The van der Waals surface area contributed by atoms with Crippen LogP contribution in [0.2, 0.25) is 0 Å². The fourth-order valence-electron chi connectivity index (χ4n) is 9.38. The fourth-order valence-corrected chi connectivity index (χ4v) is 9.38. The predicted octanol–water partition coefficient (Wildman–Crippen LogP) is 17.6. The van der Waals surface area contributed by atoms with Gasteiger partial charge in [0.25, 0.3) is 0 Å². The number of hydrogen-bond donors (Lipinski definition) is 0. The Hall–Kier alpha value is -8.46. The van der Waals surface area contributed by atoms with E-state index in [9.17, 15) is 0 Å². The molecule has 302 valence electrons. The zero-order chi connectivity index (χ0) is 42.7. The van der Waals surface area contributed by atoms with E-state index in [1.807, 2.05) is 0 Å². The smallest absolute Gasteiger partial charge is 0.0540 e. The number of para-hydroxylation sites is 3. The van der Waals surface area contributed by atoms with Crippen LogP contribution in [0.4, 0.5) is 34.1 Å². The molecule has 0 aliphatic rings. The van der Waals surface area contributed by atoms with Gasteiger partial charge >= 0.3 is 0 Å². The molecule has 0 fully saturated rings. The third-order valence-electron chi connectivity index (χ3n) is 12.2. The molecule has 11 rings (SSSR count). The molecule has 0 bridgehead atoms. The third kappa shape index (κ3) is 7.17. The highest BCUT2D eigenvalue weighted by molar-refractivity contribution is 6.21. The van der Waals surface area contributed by atoms with Crippen molar-refractivity contribution in [1.29, 1.82) is 0 Å². The van der Waals surface area contributed by atoms with E-state index in [0.29, 0.717) is 0 Å². The number of nitrogens with zero attached hydrogens (tertiary/aromatic N) is 2. The molecule has 0 aliphatic heterocycles. The highest BCUT2D eigenvalue weighted by atomic mass is 15.2. The summed E-state index contributed by atoms with van der Waals surface area (Å²) in [6.45, 7) is 0. The summed E-state index contributed by atoms with van der Waals surface area (Å²) < 4.78 is 0. The Morgan fingerprint density at radius 1 is 0.188 bits per heavy atom. The third-order valence-corrected chi connectivity index (χ3v) is 12.2. The quantitative estimate of drug-likeness (QED) is 0.127. The molecule has 11 aromatic rings. The number of anilines is 6. The second-order valence-corrected chi connectivity index (χ2v) is 16.0. The van der Waals surface area contributed by atoms with Gasteiger partial charge in [-0.3, -0.25) is 0 Å². The lowest BCUT2D eigenvalue weighted by Crippen LogP contribution is -2.13. The maximum absolute atomic E-state index is 2.41. The van der Waals surface area contributed by atoms with E-state index in [2.05, 4.69) is 277 Å². The Bertz CT molecular complexity index is 3210. The molecular formula is C62H44N2.